The van der Waals surface area contributed by atoms with E-state index in [0.717, 1.165) is 0 Å². The summed E-state index contributed by atoms with van der Waals surface area (Å²) in [6.45, 7) is 4.76. The van der Waals surface area contributed by atoms with Gasteiger partial charge in [-0.05, 0) is 32.0 Å². The average molecular weight is 344 g/mol. The van der Waals surface area contributed by atoms with E-state index in [4.69, 9.17) is 0 Å². The molecule has 2 heterocycles. The zero-order chi connectivity index (χ0) is 18.0. The summed E-state index contributed by atoms with van der Waals surface area (Å²) in [5.41, 5.74) is 0.181. The van der Waals surface area contributed by atoms with Gasteiger partial charge in [-0.15, -0.1) is 5.10 Å². The Morgan fingerprint density at radius 1 is 1.28 bits per heavy atom. The summed E-state index contributed by atoms with van der Waals surface area (Å²) in [5.74, 6) is -0.606. The van der Waals surface area contributed by atoms with E-state index in [-0.39, 0.29) is 23.6 Å². The van der Waals surface area contributed by atoms with Gasteiger partial charge >= 0.3 is 0 Å². The summed E-state index contributed by atoms with van der Waals surface area (Å²) in [5, 5.41) is 7.73. The first-order valence-corrected chi connectivity index (χ1v) is 7.89. The number of likely N-dealkylation sites (N-methyl/N-ethyl adjacent to an activating group) is 1. The smallest absolute Gasteiger partial charge is 0.284 e. The third-order valence-corrected chi connectivity index (χ3v) is 3.90. The van der Waals surface area contributed by atoms with Gasteiger partial charge in [-0.1, -0.05) is 11.3 Å². The number of carbonyl (C=O) groups is 1. The summed E-state index contributed by atoms with van der Waals surface area (Å²) in [6.07, 6.45) is 1.28. The molecule has 0 spiro atoms. The summed E-state index contributed by atoms with van der Waals surface area (Å²) in [4.78, 5) is 30.5. The zero-order valence-electron chi connectivity index (χ0n) is 13.9. The van der Waals surface area contributed by atoms with Gasteiger partial charge < -0.3 is 4.90 Å². The first kappa shape index (κ1) is 16.7. The lowest BCUT2D eigenvalue weighted by molar-refractivity contribution is -0.131. The Balaban J connectivity index is 2.00. The van der Waals surface area contributed by atoms with E-state index in [0.29, 0.717) is 18.8 Å². The van der Waals surface area contributed by atoms with Crippen LogP contribution in [0.25, 0.3) is 16.9 Å². The van der Waals surface area contributed by atoms with Crippen molar-refractivity contribution in [3.05, 3.63) is 46.8 Å². The van der Waals surface area contributed by atoms with Gasteiger partial charge in [0.05, 0.1) is 5.69 Å². The third kappa shape index (κ3) is 3.12. The molecule has 0 saturated carbocycles. The fourth-order valence-corrected chi connectivity index (χ4v) is 2.56. The predicted molar refractivity (Wildman–Crippen MR) is 88.8 cm³/mol. The fraction of sp³-hybridized carbons (Fsp3) is 0.312. The topological polar surface area (TPSA) is 85.9 Å². The number of benzene rings is 1. The van der Waals surface area contributed by atoms with E-state index >= 15 is 0 Å². The maximum atomic E-state index is 13.4. The summed E-state index contributed by atoms with van der Waals surface area (Å²) < 4.78 is 15.9. The Hall–Kier alpha value is -3.10. The molecule has 130 valence electrons. The number of hydrogen-bond donors (Lipinski definition) is 0. The van der Waals surface area contributed by atoms with Gasteiger partial charge in [0, 0.05) is 13.1 Å². The fourth-order valence-electron chi connectivity index (χ4n) is 2.56. The van der Waals surface area contributed by atoms with Crippen molar-refractivity contribution in [3.63, 3.8) is 0 Å². The second-order valence-electron chi connectivity index (χ2n) is 5.40. The maximum Gasteiger partial charge on any atom is 0.284 e. The lowest BCUT2D eigenvalue weighted by Gasteiger charge is -2.18. The van der Waals surface area contributed by atoms with Gasteiger partial charge in [-0.3, -0.25) is 14.2 Å². The average Bonchev–Trinajstić information content (AvgIpc) is 3.03. The molecule has 3 aromatic rings. The van der Waals surface area contributed by atoms with Crippen LogP contribution in [0.4, 0.5) is 4.39 Å². The quantitative estimate of drug-likeness (QED) is 0.689. The van der Waals surface area contributed by atoms with Gasteiger partial charge in [0.2, 0.25) is 5.91 Å². The first-order chi connectivity index (χ1) is 12.0. The van der Waals surface area contributed by atoms with Crippen molar-refractivity contribution in [2.45, 2.75) is 20.4 Å². The van der Waals surface area contributed by atoms with Gasteiger partial charge in [-0.2, -0.15) is 4.68 Å². The molecule has 0 saturated heterocycles. The molecule has 2 aromatic heterocycles. The summed E-state index contributed by atoms with van der Waals surface area (Å²) >= 11 is 0. The molecular weight excluding hydrogens is 327 g/mol. The van der Waals surface area contributed by atoms with E-state index in [9.17, 15) is 14.0 Å². The highest BCUT2D eigenvalue weighted by atomic mass is 19.1. The van der Waals surface area contributed by atoms with Gasteiger partial charge in [0.25, 0.3) is 5.56 Å². The van der Waals surface area contributed by atoms with Crippen molar-refractivity contribution in [3.8, 4) is 5.69 Å². The Morgan fingerprint density at radius 3 is 2.72 bits per heavy atom. The Labute approximate surface area is 142 Å². The molecule has 0 aliphatic heterocycles. The van der Waals surface area contributed by atoms with Crippen molar-refractivity contribution < 1.29 is 9.18 Å². The standard InChI is InChI=1S/C16H17FN6O2/c1-3-21(4-2)13(24)9-22-10-18-15-14(16(22)25)19-20-23(15)12-7-5-6-11(17)8-12/h5-8,10H,3-4,9H2,1-2H3. The predicted octanol–water partition coefficient (Wildman–Crippen LogP) is 0.985. The molecule has 1 aromatic carbocycles. The van der Waals surface area contributed by atoms with Crippen molar-refractivity contribution in [2.24, 2.45) is 0 Å². The minimum absolute atomic E-state index is 0.0270. The zero-order valence-corrected chi connectivity index (χ0v) is 13.9. The molecule has 0 aliphatic carbocycles. The van der Waals surface area contributed by atoms with Gasteiger partial charge in [-0.25, -0.2) is 9.37 Å². The lowest BCUT2D eigenvalue weighted by atomic mass is 10.3. The van der Waals surface area contributed by atoms with Crippen LogP contribution in [-0.2, 0) is 11.3 Å². The first-order valence-electron chi connectivity index (χ1n) is 7.89. The molecule has 25 heavy (non-hydrogen) atoms. The van der Waals surface area contributed by atoms with E-state index in [1.807, 2.05) is 13.8 Å². The van der Waals surface area contributed by atoms with Crippen LogP contribution in [0.2, 0.25) is 0 Å². The largest absolute Gasteiger partial charge is 0.342 e. The number of fused-ring (bicyclic) bond motifs is 1. The second kappa shape index (κ2) is 6.80. The highest BCUT2D eigenvalue weighted by Crippen LogP contribution is 2.12. The van der Waals surface area contributed by atoms with E-state index < -0.39 is 11.4 Å². The molecular formula is C16H17FN6O2. The lowest BCUT2D eigenvalue weighted by Crippen LogP contribution is -2.36. The highest BCUT2D eigenvalue weighted by Gasteiger charge is 2.16. The van der Waals surface area contributed by atoms with Crippen LogP contribution in [0.5, 0.6) is 0 Å². The summed E-state index contributed by atoms with van der Waals surface area (Å²) in [6, 6.07) is 5.74. The van der Waals surface area contributed by atoms with Crippen molar-refractivity contribution in [1.29, 1.82) is 0 Å². The molecule has 0 atom stereocenters. The molecule has 0 unspecified atom stereocenters. The van der Waals surface area contributed by atoms with E-state index in [1.165, 1.54) is 33.8 Å². The van der Waals surface area contributed by atoms with Crippen molar-refractivity contribution in [2.75, 3.05) is 13.1 Å². The van der Waals surface area contributed by atoms with E-state index in [1.54, 1.807) is 11.0 Å². The summed E-state index contributed by atoms with van der Waals surface area (Å²) in [7, 11) is 0. The van der Waals surface area contributed by atoms with Crippen LogP contribution in [0.1, 0.15) is 13.8 Å². The molecule has 0 fully saturated rings. The third-order valence-electron chi connectivity index (χ3n) is 3.90. The number of amides is 1. The monoisotopic (exact) mass is 344 g/mol. The van der Waals surface area contributed by atoms with Crippen LogP contribution in [0.3, 0.4) is 0 Å². The van der Waals surface area contributed by atoms with Crippen molar-refractivity contribution in [1.82, 2.24) is 29.4 Å². The number of rotatable bonds is 5. The highest BCUT2D eigenvalue weighted by molar-refractivity contribution is 5.76. The molecule has 0 bridgehead atoms. The molecule has 8 nitrogen and oxygen atoms in total. The van der Waals surface area contributed by atoms with Gasteiger partial charge in [0.15, 0.2) is 11.2 Å². The van der Waals surface area contributed by atoms with Crippen LogP contribution in [-0.4, -0.2) is 48.4 Å². The number of hydrogen-bond acceptors (Lipinski definition) is 5. The molecule has 0 N–H and O–H groups in total. The normalized spacial score (nSPS) is 11.0. The van der Waals surface area contributed by atoms with Crippen LogP contribution in [0, 0.1) is 5.82 Å². The molecule has 1 amide bonds. The second-order valence-corrected chi connectivity index (χ2v) is 5.40. The number of carbonyl (C=O) groups excluding carboxylic acids is 1. The number of aromatic nitrogens is 5. The molecule has 0 radical (unpaired) electrons. The van der Waals surface area contributed by atoms with Crippen molar-refractivity contribution >= 4 is 17.1 Å². The van der Waals surface area contributed by atoms with Crippen LogP contribution in [0.15, 0.2) is 35.4 Å². The minimum Gasteiger partial charge on any atom is -0.342 e. The molecule has 9 heteroatoms. The SMILES string of the molecule is CCN(CC)C(=O)Cn1cnc2c(nnn2-c2cccc(F)c2)c1=O. The minimum atomic E-state index is -0.465. The maximum absolute atomic E-state index is 13.4. The van der Waals surface area contributed by atoms with Gasteiger partial charge in [0.1, 0.15) is 18.7 Å². The molecule has 0 aliphatic rings. The van der Waals surface area contributed by atoms with E-state index in [2.05, 4.69) is 15.3 Å². The Morgan fingerprint density at radius 2 is 2.04 bits per heavy atom. The number of nitrogens with zero attached hydrogens (tertiary/aromatic N) is 6. The van der Waals surface area contributed by atoms with Crippen LogP contribution < -0.4 is 5.56 Å². The Kier molecular flexibility index (Phi) is 4.55. The Bertz CT molecular complexity index is 976. The molecule has 3 rings (SSSR count). The number of halogens is 1. The van der Waals surface area contributed by atoms with Crippen LogP contribution >= 0.6 is 0 Å².